The number of nitrogens with zero attached hydrogens (tertiary/aromatic N) is 1. The molecule has 0 bridgehead atoms. The Balaban J connectivity index is 1.91. The highest BCUT2D eigenvalue weighted by molar-refractivity contribution is 5.78. The summed E-state index contributed by atoms with van der Waals surface area (Å²) in [7, 11) is 0. The van der Waals surface area contributed by atoms with Crippen molar-refractivity contribution < 1.29 is 5.11 Å². The second-order valence-corrected chi connectivity index (χ2v) is 5.03. The topological polar surface area (TPSA) is 78.0 Å². The molecule has 5 nitrogen and oxygen atoms in total. The van der Waals surface area contributed by atoms with Crippen molar-refractivity contribution in [3.05, 3.63) is 34.6 Å². The van der Waals surface area contributed by atoms with Gasteiger partial charge in [-0.2, -0.15) is 0 Å². The van der Waals surface area contributed by atoms with Crippen molar-refractivity contribution in [2.75, 3.05) is 5.32 Å². The lowest BCUT2D eigenvalue weighted by molar-refractivity contribution is 0.116. The van der Waals surface area contributed by atoms with E-state index in [0.29, 0.717) is 16.9 Å². The number of benzene rings is 1. The molecule has 19 heavy (non-hydrogen) atoms. The fourth-order valence-corrected chi connectivity index (χ4v) is 2.61. The molecule has 1 saturated carbocycles. The van der Waals surface area contributed by atoms with Crippen molar-refractivity contribution in [2.45, 2.75) is 37.8 Å². The standard InChI is InChI=1S/C14H17N3O2/c18-12-8-4-3-7-11(12)16-14-15-10-6-2-1-5-9(10)13(19)17-14/h1-2,5-6,11-12,18H,3-4,7-8H2,(H2,15,16,17,19). The molecule has 1 heterocycles. The maximum absolute atomic E-state index is 11.9. The number of hydrogen-bond donors (Lipinski definition) is 3. The first kappa shape index (κ1) is 12.2. The summed E-state index contributed by atoms with van der Waals surface area (Å²) in [6.45, 7) is 0. The van der Waals surface area contributed by atoms with Crippen LogP contribution < -0.4 is 10.9 Å². The van der Waals surface area contributed by atoms with E-state index in [1.807, 2.05) is 18.2 Å². The molecular formula is C14H17N3O2. The van der Waals surface area contributed by atoms with E-state index in [1.54, 1.807) is 6.07 Å². The predicted molar refractivity (Wildman–Crippen MR) is 74.2 cm³/mol. The van der Waals surface area contributed by atoms with Crippen molar-refractivity contribution in [1.29, 1.82) is 0 Å². The average molecular weight is 259 g/mol. The van der Waals surface area contributed by atoms with Gasteiger partial charge in [-0.15, -0.1) is 0 Å². The molecule has 0 radical (unpaired) electrons. The Bertz CT molecular complexity index is 638. The number of H-pyrrole nitrogens is 1. The Kier molecular flexibility index (Phi) is 3.21. The van der Waals surface area contributed by atoms with E-state index < -0.39 is 0 Å². The van der Waals surface area contributed by atoms with Crippen molar-refractivity contribution >= 4 is 16.9 Å². The molecule has 5 heteroatoms. The lowest BCUT2D eigenvalue weighted by atomic mass is 9.93. The van der Waals surface area contributed by atoms with Crippen LogP contribution in [0.3, 0.4) is 0 Å². The summed E-state index contributed by atoms with van der Waals surface area (Å²) in [5, 5.41) is 13.7. The minimum atomic E-state index is -0.370. The van der Waals surface area contributed by atoms with Gasteiger partial charge in [0.15, 0.2) is 0 Å². The largest absolute Gasteiger partial charge is 0.391 e. The van der Waals surface area contributed by atoms with E-state index in [4.69, 9.17) is 0 Å². The number of hydrogen-bond acceptors (Lipinski definition) is 4. The van der Waals surface area contributed by atoms with Gasteiger partial charge < -0.3 is 10.4 Å². The number of aromatic nitrogens is 2. The Hall–Kier alpha value is -1.88. The van der Waals surface area contributed by atoms with Crippen LogP contribution in [0.2, 0.25) is 0 Å². The number of aliphatic hydroxyl groups excluding tert-OH is 1. The first-order valence-corrected chi connectivity index (χ1v) is 6.68. The van der Waals surface area contributed by atoms with Crippen molar-refractivity contribution in [3.63, 3.8) is 0 Å². The number of para-hydroxylation sites is 1. The Labute approximate surface area is 110 Å². The van der Waals surface area contributed by atoms with E-state index in [-0.39, 0.29) is 17.7 Å². The third-order valence-electron chi connectivity index (χ3n) is 3.66. The molecule has 0 amide bonds. The van der Waals surface area contributed by atoms with Gasteiger partial charge in [0.25, 0.3) is 5.56 Å². The number of aliphatic hydroxyl groups is 1. The van der Waals surface area contributed by atoms with Crippen molar-refractivity contribution in [2.24, 2.45) is 0 Å². The first-order chi connectivity index (χ1) is 9.24. The molecule has 0 aliphatic heterocycles. The smallest absolute Gasteiger partial charge is 0.260 e. The third-order valence-corrected chi connectivity index (χ3v) is 3.66. The summed E-state index contributed by atoms with van der Waals surface area (Å²) < 4.78 is 0. The van der Waals surface area contributed by atoms with Gasteiger partial charge in [0, 0.05) is 0 Å². The third kappa shape index (κ3) is 2.46. The van der Waals surface area contributed by atoms with Gasteiger partial charge in [0.1, 0.15) is 0 Å². The zero-order valence-electron chi connectivity index (χ0n) is 10.6. The van der Waals surface area contributed by atoms with Crippen LogP contribution in [0.15, 0.2) is 29.1 Å². The monoisotopic (exact) mass is 259 g/mol. The fraction of sp³-hybridized carbons (Fsp3) is 0.429. The summed E-state index contributed by atoms with van der Waals surface area (Å²) in [6, 6.07) is 7.21. The van der Waals surface area contributed by atoms with Crippen LogP contribution in [0.4, 0.5) is 5.95 Å². The molecular weight excluding hydrogens is 242 g/mol. The van der Waals surface area contributed by atoms with Crippen LogP contribution in [0.1, 0.15) is 25.7 Å². The lowest BCUT2D eigenvalue weighted by Gasteiger charge is -2.28. The normalized spacial score (nSPS) is 23.4. The molecule has 2 unspecified atom stereocenters. The minimum absolute atomic E-state index is 0.0296. The molecule has 0 saturated heterocycles. The summed E-state index contributed by atoms with van der Waals surface area (Å²) in [5.41, 5.74) is 0.512. The molecule has 100 valence electrons. The summed E-state index contributed by atoms with van der Waals surface area (Å²) >= 11 is 0. The van der Waals surface area contributed by atoms with Gasteiger partial charge in [-0.1, -0.05) is 25.0 Å². The first-order valence-electron chi connectivity index (χ1n) is 6.68. The highest BCUT2D eigenvalue weighted by Gasteiger charge is 2.23. The Morgan fingerprint density at radius 2 is 2.05 bits per heavy atom. The van der Waals surface area contributed by atoms with Gasteiger partial charge >= 0.3 is 0 Å². The zero-order valence-corrected chi connectivity index (χ0v) is 10.6. The molecule has 0 spiro atoms. The number of aromatic amines is 1. The highest BCUT2D eigenvalue weighted by atomic mass is 16.3. The summed E-state index contributed by atoms with van der Waals surface area (Å²) in [4.78, 5) is 19.0. The fourth-order valence-electron chi connectivity index (χ4n) is 2.61. The van der Waals surface area contributed by atoms with Crippen LogP contribution in [-0.4, -0.2) is 27.2 Å². The van der Waals surface area contributed by atoms with Crippen LogP contribution in [0.25, 0.3) is 10.9 Å². The van der Waals surface area contributed by atoms with Gasteiger partial charge in [-0.25, -0.2) is 4.98 Å². The molecule has 3 rings (SSSR count). The molecule has 1 aromatic carbocycles. The molecule has 1 aliphatic carbocycles. The quantitative estimate of drug-likeness (QED) is 0.766. The van der Waals surface area contributed by atoms with Crippen molar-refractivity contribution in [3.8, 4) is 0 Å². The van der Waals surface area contributed by atoms with Gasteiger partial charge in [-0.3, -0.25) is 9.78 Å². The maximum Gasteiger partial charge on any atom is 0.260 e. The number of nitrogens with one attached hydrogen (secondary N) is 2. The zero-order chi connectivity index (χ0) is 13.2. The average Bonchev–Trinajstić information content (AvgIpc) is 2.42. The van der Waals surface area contributed by atoms with E-state index in [1.165, 1.54) is 0 Å². The number of rotatable bonds is 2. The van der Waals surface area contributed by atoms with Crippen LogP contribution >= 0.6 is 0 Å². The summed E-state index contributed by atoms with van der Waals surface area (Å²) in [6.07, 6.45) is 3.48. The summed E-state index contributed by atoms with van der Waals surface area (Å²) in [5.74, 6) is 0.439. The predicted octanol–water partition coefficient (Wildman–Crippen LogP) is 1.64. The molecule has 2 aromatic rings. The van der Waals surface area contributed by atoms with Gasteiger partial charge in [-0.05, 0) is 25.0 Å². The van der Waals surface area contributed by atoms with E-state index in [2.05, 4.69) is 15.3 Å². The minimum Gasteiger partial charge on any atom is -0.391 e. The highest BCUT2D eigenvalue weighted by Crippen LogP contribution is 2.21. The maximum atomic E-state index is 11.9. The van der Waals surface area contributed by atoms with Crippen LogP contribution in [0, 0.1) is 0 Å². The SMILES string of the molecule is O=c1[nH]c(NC2CCCCC2O)nc2ccccc12. The van der Waals surface area contributed by atoms with Gasteiger partial charge in [0.2, 0.25) is 5.95 Å². The van der Waals surface area contributed by atoms with Gasteiger partial charge in [0.05, 0.1) is 23.0 Å². The molecule has 1 aliphatic rings. The van der Waals surface area contributed by atoms with Crippen LogP contribution in [-0.2, 0) is 0 Å². The Morgan fingerprint density at radius 1 is 1.26 bits per heavy atom. The van der Waals surface area contributed by atoms with E-state index >= 15 is 0 Å². The van der Waals surface area contributed by atoms with E-state index in [9.17, 15) is 9.90 Å². The number of fused-ring (bicyclic) bond motifs is 1. The molecule has 1 aromatic heterocycles. The molecule has 2 atom stereocenters. The van der Waals surface area contributed by atoms with Crippen molar-refractivity contribution in [1.82, 2.24) is 9.97 Å². The Morgan fingerprint density at radius 3 is 2.89 bits per heavy atom. The van der Waals surface area contributed by atoms with Crippen LogP contribution in [0.5, 0.6) is 0 Å². The number of anilines is 1. The molecule has 3 N–H and O–H groups in total. The second-order valence-electron chi connectivity index (χ2n) is 5.03. The lowest BCUT2D eigenvalue weighted by Crippen LogP contribution is -2.37. The molecule has 1 fully saturated rings. The second kappa shape index (κ2) is 5.01. The van der Waals surface area contributed by atoms with E-state index in [0.717, 1.165) is 25.7 Å².